The first-order chi connectivity index (χ1) is 9.71. The van der Waals surface area contributed by atoms with Crippen LogP contribution >= 0.6 is 0 Å². The molecular weight excluding hydrogens is 252 g/mol. The van der Waals surface area contributed by atoms with Gasteiger partial charge in [0.05, 0.1) is 5.41 Å². The van der Waals surface area contributed by atoms with E-state index < -0.39 is 0 Å². The van der Waals surface area contributed by atoms with Gasteiger partial charge in [-0.1, -0.05) is 25.7 Å². The van der Waals surface area contributed by atoms with E-state index in [0.717, 1.165) is 45.2 Å². The van der Waals surface area contributed by atoms with Crippen molar-refractivity contribution in [3.8, 4) is 0 Å². The van der Waals surface area contributed by atoms with E-state index in [4.69, 9.17) is 0 Å². The summed E-state index contributed by atoms with van der Waals surface area (Å²) < 4.78 is 0. The van der Waals surface area contributed by atoms with Gasteiger partial charge in [-0.25, -0.2) is 0 Å². The maximum atomic E-state index is 12.7. The molecule has 1 aliphatic carbocycles. The third kappa shape index (κ3) is 2.62. The molecule has 4 heteroatoms. The highest BCUT2D eigenvalue weighted by Crippen LogP contribution is 2.44. The maximum absolute atomic E-state index is 12.7. The van der Waals surface area contributed by atoms with Crippen molar-refractivity contribution in [1.29, 1.82) is 0 Å². The van der Waals surface area contributed by atoms with Gasteiger partial charge in [-0.05, 0) is 44.7 Å². The molecule has 112 valence electrons. The molecule has 4 nitrogen and oxygen atoms in total. The Morgan fingerprint density at radius 2 is 1.90 bits per heavy atom. The normalized spacial score (nSPS) is 30.2. The Morgan fingerprint density at radius 3 is 2.55 bits per heavy atom. The van der Waals surface area contributed by atoms with Crippen LogP contribution in [-0.4, -0.2) is 36.3 Å². The number of amides is 2. The smallest absolute Gasteiger partial charge is 0.235 e. The van der Waals surface area contributed by atoms with Crippen LogP contribution in [0.3, 0.4) is 0 Å². The Bertz CT molecular complexity index is 380. The first kappa shape index (κ1) is 14.1. The molecule has 2 saturated heterocycles. The molecule has 1 N–H and O–H groups in total. The van der Waals surface area contributed by atoms with Gasteiger partial charge in [-0.15, -0.1) is 0 Å². The van der Waals surface area contributed by atoms with E-state index in [1.165, 1.54) is 19.3 Å². The number of imide groups is 1. The molecule has 0 bridgehead atoms. The fourth-order valence-electron chi connectivity index (χ4n) is 4.15. The Hall–Kier alpha value is -0.900. The summed E-state index contributed by atoms with van der Waals surface area (Å²) in [4.78, 5) is 26.6. The molecule has 0 aromatic rings. The molecule has 3 fully saturated rings. The number of rotatable bonds is 3. The first-order valence-corrected chi connectivity index (χ1v) is 8.27. The SMILES string of the molecule is O=C1CC2(CCCCCC2)C(=O)N1CCC1CCNC1. The molecule has 1 saturated carbocycles. The van der Waals surface area contributed by atoms with Gasteiger partial charge >= 0.3 is 0 Å². The van der Waals surface area contributed by atoms with Crippen LogP contribution in [0.25, 0.3) is 0 Å². The molecule has 3 aliphatic rings. The number of carbonyl (C=O) groups is 2. The number of nitrogens with one attached hydrogen (secondary N) is 1. The summed E-state index contributed by atoms with van der Waals surface area (Å²) in [6.45, 7) is 2.77. The summed E-state index contributed by atoms with van der Waals surface area (Å²) >= 11 is 0. The zero-order chi connectivity index (χ0) is 14.0. The lowest BCUT2D eigenvalue weighted by Gasteiger charge is -2.25. The summed E-state index contributed by atoms with van der Waals surface area (Å²) in [7, 11) is 0. The van der Waals surface area contributed by atoms with E-state index in [2.05, 4.69) is 5.32 Å². The van der Waals surface area contributed by atoms with Crippen molar-refractivity contribution < 1.29 is 9.59 Å². The molecule has 2 aliphatic heterocycles. The van der Waals surface area contributed by atoms with Crippen molar-refractivity contribution in [1.82, 2.24) is 10.2 Å². The highest BCUT2D eigenvalue weighted by molar-refractivity contribution is 6.05. The minimum Gasteiger partial charge on any atom is -0.316 e. The minimum atomic E-state index is -0.318. The van der Waals surface area contributed by atoms with Crippen molar-refractivity contribution in [3.05, 3.63) is 0 Å². The fourth-order valence-corrected chi connectivity index (χ4v) is 4.15. The van der Waals surface area contributed by atoms with Gasteiger partial charge in [-0.3, -0.25) is 14.5 Å². The van der Waals surface area contributed by atoms with Gasteiger partial charge in [0.2, 0.25) is 11.8 Å². The number of hydrogen-bond acceptors (Lipinski definition) is 3. The number of likely N-dealkylation sites (tertiary alicyclic amines) is 1. The van der Waals surface area contributed by atoms with E-state index in [1.807, 2.05) is 0 Å². The molecule has 20 heavy (non-hydrogen) atoms. The van der Waals surface area contributed by atoms with E-state index in [0.29, 0.717) is 18.9 Å². The summed E-state index contributed by atoms with van der Waals surface area (Å²) in [6, 6.07) is 0. The highest BCUT2D eigenvalue weighted by Gasteiger charge is 2.50. The van der Waals surface area contributed by atoms with Crippen LogP contribution in [0.5, 0.6) is 0 Å². The van der Waals surface area contributed by atoms with Gasteiger partial charge in [0.15, 0.2) is 0 Å². The molecule has 1 atom stereocenters. The lowest BCUT2D eigenvalue weighted by Crippen LogP contribution is -2.36. The van der Waals surface area contributed by atoms with Crippen molar-refractivity contribution in [2.75, 3.05) is 19.6 Å². The number of nitrogens with zero attached hydrogens (tertiary/aromatic N) is 1. The third-order valence-electron chi connectivity index (χ3n) is 5.47. The van der Waals surface area contributed by atoms with Crippen LogP contribution in [0.15, 0.2) is 0 Å². The van der Waals surface area contributed by atoms with Crippen LogP contribution in [0, 0.1) is 11.3 Å². The second-order valence-corrected chi connectivity index (χ2v) is 6.87. The molecule has 2 amide bonds. The number of hydrogen-bond donors (Lipinski definition) is 1. The molecule has 0 aromatic heterocycles. The molecule has 1 spiro atoms. The fraction of sp³-hybridized carbons (Fsp3) is 0.875. The van der Waals surface area contributed by atoms with Gasteiger partial charge in [0.25, 0.3) is 0 Å². The molecule has 1 unspecified atom stereocenters. The molecule has 2 heterocycles. The van der Waals surface area contributed by atoms with E-state index in [9.17, 15) is 9.59 Å². The van der Waals surface area contributed by atoms with Crippen LogP contribution in [0.4, 0.5) is 0 Å². The van der Waals surface area contributed by atoms with Crippen LogP contribution in [0.1, 0.15) is 57.8 Å². The molecule has 0 aromatic carbocycles. The summed E-state index contributed by atoms with van der Waals surface area (Å²) in [5, 5.41) is 3.35. The summed E-state index contributed by atoms with van der Waals surface area (Å²) in [5.41, 5.74) is -0.318. The molecular formula is C16H26N2O2. The Balaban J connectivity index is 1.63. The monoisotopic (exact) mass is 278 g/mol. The average Bonchev–Trinajstić information content (AvgIpc) is 2.93. The standard InChI is InChI=1S/C16H26N2O2/c19-14-11-16(7-3-1-2-4-8-16)15(20)18(14)10-6-13-5-9-17-12-13/h13,17H,1-12H2. The Labute approximate surface area is 121 Å². The zero-order valence-corrected chi connectivity index (χ0v) is 12.3. The Morgan fingerprint density at radius 1 is 1.15 bits per heavy atom. The number of carbonyl (C=O) groups excluding carboxylic acids is 2. The lowest BCUT2D eigenvalue weighted by molar-refractivity contribution is -0.142. The van der Waals surface area contributed by atoms with E-state index >= 15 is 0 Å². The topological polar surface area (TPSA) is 49.4 Å². The lowest BCUT2D eigenvalue weighted by atomic mass is 9.79. The van der Waals surface area contributed by atoms with E-state index in [-0.39, 0.29) is 17.2 Å². The highest BCUT2D eigenvalue weighted by atomic mass is 16.2. The Kier molecular flexibility index (Phi) is 4.11. The quantitative estimate of drug-likeness (QED) is 0.804. The molecule has 0 radical (unpaired) electrons. The first-order valence-electron chi connectivity index (χ1n) is 8.27. The van der Waals surface area contributed by atoms with Crippen molar-refractivity contribution in [2.24, 2.45) is 11.3 Å². The average molecular weight is 278 g/mol. The van der Waals surface area contributed by atoms with Crippen LogP contribution in [0.2, 0.25) is 0 Å². The minimum absolute atomic E-state index is 0.0860. The van der Waals surface area contributed by atoms with Gasteiger partial charge in [0.1, 0.15) is 0 Å². The molecule has 3 rings (SSSR count). The summed E-state index contributed by atoms with van der Waals surface area (Å²) in [6.07, 6.45) is 9.15. The van der Waals surface area contributed by atoms with Gasteiger partial charge < -0.3 is 5.32 Å². The predicted molar refractivity (Wildman–Crippen MR) is 77.1 cm³/mol. The second-order valence-electron chi connectivity index (χ2n) is 6.87. The van der Waals surface area contributed by atoms with E-state index in [1.54, 1.807) is 4.90 Å². The largest absolute Gasteiger partial charge is 0.316 e. The van der Waals surface area contributed by atoms with Crippen LogP contribution in [-0.2, 0) is 9.59 Å². The maximum Gasteiger partial charge on any atom is 0.235 e. The van der Waals surface area contributed by atoms with Crippen molar-refractivity contribution >= 4 is 11.8 Å². The predicted octanol–water partition coefficient (Wildman–Crippen LogP) is 2.09. The van der Waals surface area contributed by atoms with Gasteiger partial charge in [0, 0.05) is 13.0 Å². The van der Waals surface area contributed by atoms with Crippen LogP contribution < -0.4 is 5.32 Å². The van der Waals surface area contributed by atoms with Crippen molar-refractivity contribution in [2.45, 2.75) is 57.8 Å². The second kappa shape index (κ2) is 5.84. The van der Waals surface area contributed by atoms with Gasteiger partial charge in [-0.2, -0.15) is 0 Å². The third-order valence-corrected chi connectivity index (χ3v) is 5.47. The summed E-state index contributed by atoms with van der Waals surface area (Å²) in [5.74, 6) is 0.875. The zero-order valence-electron chi connectivity index (χ0n) is 12.3. The van der Waals surface area contributed by atoms with Crippen molar-refractivity contribution in [3.63, 3.8) is 0 Å².